The minimum Gasteiger partial charge on any atom is -0.341 e. The zero-order valence-corrected chi connectivity index (χ0v) is 17.1. The van der Waals surface area contributed by atoms with Crippen molar-refractivity contribution in [3.05, 3.63) is 72.7 Å². The molecule has 4 heterocycles. The predicted molar refractivity (Wildman–Crippen MR) is 119 cm³/mol. The van der Waals surface area contributed by atoms with Crippen molar-refractivity contribution in [3.63, 3.8) is 0 Å². The first-order valence-corrected chi connectivity index (χ1v) is 10.6. The Morgan fingerprint density at radius 1 is 1.10 bits per heavy atom. The lowest BCUT2D eigenvalue weighted by molar-refractivity contribution is -0.117. The number of rotatable bonds is 4. The third-order valence-corrected chi connectivity index (χ3v) is 6.35. The van der Waals surface area contributed by atoms with E-state index in [2.05, 4.69) is 25.3 Å². The van der Waals surface area contributed by atoms with Crippen molar-refractivity contribution in [2.45, 2.75) is 31.8 Å². The van der Waals surface area contributed by atoms with Crippen LogP contribution in [0, 0.1) is 12.8 Å². The van der Waals surface area contributed by atoms with Crippen molar-refractivity contribution in [2.24, 2.45) is 5.92 Å². The van der Waals surface area contributed by atoms with E-state index >= 15 is 0 Å². The number of pyridine rings is 1. The molecule has 0 radical (unpaired) electrons. The molecule has 1 aromatic carbocycles. The van der Waals surface area contributed by atoms with Crippen LogP contribution in [-0.4, -0.2) is 37.6 Å². The first-order chi connectivity index (χ1) is 15.2. The van der Waals surface area contributed by atoms with Gasteiger partial charge in [-0.05, 0) is 67.6 Å². The number of nitrogens with zero attached hydrogens (tertiary/aromatic N) is 5. The van der Waals surface area contributed by atoms with Gasteiger partial charge in [0.15, 0.2) is 5.82 Å². The normalized spacial score (nSPS) is 21.8. The molecule has 0 spiro atoms. The van der Waals surface area contributed by atoms with Gasteiger partial charge in [-0.3, -0.25) is 4.79 Å². The Hall–Kier alpha value is -3.74. The zero-order chi connectivity index (χ0) is 20.9. The number of aryl methyl sites for hydroxylation is 1. The largest absolute Gasteiger partial charge is 0.341 e. The molecular formula is C24H22N6O. The summed E-state index contributed by atoms with van der Waals surface area (Å²) in [5.74, 6) is 2.11. The van der Waals surface area contributed by atoms with Crippen molar-refractivity contribution in [1.29, 1.82) is 0 Å². The molecular weight excluding hydrogens is 388 g/mol. The van der Waals surface area contributed by atoms with Crippen LogP contribution in [0.3, 0.4) is 0 Å². The minimum atomic E-state index is -0.198. The second-order valence-corrected chi connectivity index (χ2v) is 8.39. The molecule has 1 aliphatic heterocycles. The lowest BCUT2D eigenvalue weighted by atomic mass is 10.1. The van der Waals surface area contributed by atoms with Gasteiger partial charge in [-0.1, -0.05) is 12.1 Å². The highest BCUT2D eigenvalue weighted by atomic mass is 16.2. The van der Waals surface area contributed by atoms with E-state index in [1.54, 1.807) is 6.20 Å². The number of nitrogens with one attached hydrogen (secondary N) is 1. The van der Waals surface area contributed by atoms with Gasteiger partial charge in [-0.25, -0.2) is 14.5 Å². The summed E-state index contributed by atoms with van der Waals surface area (Å²) in [6.07, 6.45) is 7.52. The van der Waals surface area contributed by atoms with E-state index in [1.807, 2.05) is 72.4 Å². The van der Waals surface area contributed by atoms with Gasteiger partial charge in [0.25, 0.3) is 0 Å². The summed E-state index contributed by atoms with van der Waals surface area (Å²) in [7, 11) is 0. The second kappa shape index (κ2) is 6.91. The maximum atomic E-state index is 13.2. The molecule has 0 unspecified atom stereocenters. The predicted octanol–water partition coefficient (Wildman–Crippen LogP) is 3.71. The Morgan fingerprint density at radius 3 is 2.90 bits per heavy atom. The summed E-state index contributed by atoms with van der Waals surface area (Å²) in [5.41, 5.74) is 3.66. The maximum Gasteiger partial charge on any atom is 0.247 e. The van der Waals surface area contributed by atoms with Gasteiger partial charge in [0.1, 0.15) is 11.9 Å². The van der Waals surface area contributed by atoms with E-state index in [-0.39, 0.29) is 11.9 Å². The zero-order valence-electron chi connectivity index (χ0n) is 17.1. The van der Waals surface area contributed by atoms with E-state index in [0.717, 1.165) is 41.0 Å². The smallest absolute Gasteiger partial charge is 0.247 e. The van der Waals surface area contributed by atoms with Crippen molar-refractivity contribution in [3.8, 4) is 11.4 Å². The Morgan fingerprint density at radius 2 is 2.03 bits per heavy atom. The van der Waals surface area contributed by atoms with E-state index in [1.165, 1.54) is 0 Å². The van der Waals surface area contributed by atoms with Crippen LogP contribution in [0.15, 0.2) is 67.1 Å². The maximum absolute atomic E-state index is 13.2. The Kier molecular flexibility index (Phi) is 4.02. The third kappa shape index (κ3) is 3.13. The number of hydrogen-bond acceptors (Lipinski definition) is 5. The van der Waals surface area contributed by atoms with E-state index in [9.17, 15) is 4.79 Å². The molecule has 7 heteroatoms. The molecule has 3 aromatic heterocycles. The molecule has 2 aliphatic rings. The first kappa shape index (κ1) is 18.1. The molecule has 7 nitrogen and oxygen atoms in total. The Labute approximate surface area is 179 Å². The number of piperidine rings is 1. The number of amides is 1. The lowest BCUT2D eigenvalue weighted by Crippen LogP contribution is -2.42. The molecule has 154 valence electrons. The summed E-state index contributed by atoms with van der Waals surface area (Å²) in [6, 6.07) is 15.9. The summed E-state index contributed by atoms with van der Waals surface area (Å²) in [6.45, 7) is 2.03. The van der Waals surface area contributed by atoms with Crippen LogP contribution in [0.2, 0.25) is 0 Å². The molecule has 2 fully saturated rings. The third-order valence-electron chi connectivity index (χ3n) is 6.35. The van der Waals surface area contributed by atoms with Crippen LogP contribution in [0.25, 0.3) is 16.9 Å². The SMILES string of the molecule is Cc1ccc(NC(=O)[C@H]2C[C@H]3C[C@H]3N2c2ccccn2)cc1-c1ncc2cccn2n1. The average Bonchev–Trinajstić information content (AvgIpc) is 3.22. The monoisotopic (exact) mass is 410 g/mol. The number of fused-ring (bicyclic) bond motifs is 2. The molecule has 0 bridgehead atoms. The molecule has 6 rings (SSSR count). The Balaban J connectivity index is 1.27. The van der Waals surface area contributed by atoms with Crippen LogP contribution in [0.4, 0.5) is 11.5 Å². The highest BCUT2D eigenvalue weighted by Gasteiger charge is 2.54. The van der Waals surface area contributed by atoms with Crippen molar-refractivity contribution in [2.75, 3.05) is 10.2 Å². The van der Waals surface area contributed by atoms with E-state index in [0.29, 0.717) is 17.8 Å². The quantitative estimate of drug-likeness (QED) is 0.555. The van der Waals surface area contributed by atoms with E-state index in [4.69, 9.17) is 0 Å². The molecule has 3 atom stereocenters. The van der Waals surface area contributed by atoms with Gasteiger partial charge in [0, 0.05) is 29.7 Å². The number of benzene rings is 1. The van der Waals surface area contributed by atoms with Crippen molar-refractivity contribution in [1.82, 2.24) is 19.6 Å². The minimum absolute atomic E-state index is 0.00874. The standard InChI is InChI=1S/C24H22N6O/c1-15-7-8-17(13-19(15)23-26-14-18-5-4-10-29(18)28-23)27-24(31)21-12-16-11-20(16)30(21)22-6-2-3-9-25-22/h2-10,13-14,16,20-21H,11-12H2,1H3,(H,27,31)/t16-,20-,21-/m1/s1. The van der Waals surface area contributed by atoms with Gasteiger partial charge in [-0.15, -0.1) is 5.10 Å². The fraction of sp³-hybridized carbons (Fsp3) is 0.250. The number of anilines is 2. The van der Waals surface area contributed by atoms with Gasteiger partial charge in [0.05, 0.1) is 11.7 Å². The number of aromatic nitrogens is 4. The second-order valence-electron chi connectivity index (χ2n) is 8.39. The fourth-order valence-corrected chi connectivity index (χ4v) is 4.65. The van der Waals surface area contributed by atoms with Crippen LogP contribution >= 0.6 is 0 Å². The topological polar surface area (TPSA) is 75.4 Å². The molecule has 1 saturated heterocycles. The van der Waals surface area contributed by atoms with Gasteiger partial charge < -0.3 is 10.2 Å². The molecule has 31 heavy (non-hydrogen) atoms. The summed E-state index contributed by atoms with van der Waals surface area (Å²) in [4.78, 5) is 24.4. The molecule has 1 amide bonds. The van der Waals surface area contributed by atoms with Gasteiger partial charge >= 0.3 is 0 Å². The Bertz CT molecular complexity index is 1280. The van der Waals surface area contributed by atoms with Crippen LogP contribution in [-0.2, 0) is 4.79 Å². The average molecular weight is 410 g/mol. The summed E-state index contributed by atoms with van der Waals surface area (Å²) >= 11 is 0. The molecule has 1 aliphatic carbocycles. The lowest BCUT2D eigenvalue weighted by Gasteiger charge is -2.27. The fourth-order valence-electron chi connectivity index (χ4n) is 4.65. The molecule has 1 saturated carbocycles. The number of hydrogen-bond donors (Lipinski definition) is 1. The van der Waals surface area contributed by atoms with Crippen molar-refractivity contribution < 1.29 is 4.79 Å². The molecule has 4 aromatic rings. The number of carbonyl (C=O) groups excluding carboxylic acids is 1. The van der Waals surface area contributed by atoms with Gasteiger partial charge in [0.2, 0.25) is 5.91 Å². The van der Waals surface area contributed by atoms with Crippen LogP contribution in [0.5, 0.6) is 0 Å². The van der Waals surface area contributed by atoms with Crippen LogP contribution in [0.1, 0.15) is 18.4 Å². The first-order valence-electron chi connectivity index (χ1n) is 10.6. The summed E-state index contributed by atoms with van der Waals surface area (Å²) in [5, 5.41) is 7.73. The van der Waals surface area contributed by atoms with Gasteiger partial charge in [-0.2, -0.15) is 0 Å². The number of carbonyl (C=O) groups is 1. The highest BCUT2D eigenvalue weighted by Crippen LogP contribution is 2.49. The summed E-state index contributed by atoms with van der Waals surface area (Å²) < 4.78 is 1.81. The van der Waals surface area contributed by atoms with Crippen LogP contribution < -0.4 is 10.2 Å². The van der Waals surface area contributed by atoms with Crippen molar-refractivity contribution >= 4 is 22.9 Å². The molecule has 1 N–H and O–H groups in total. The van der Waals surface area contributed by atoms with E-state index < -0.39 is 0 Å². The highest BCUT2D eigenvalue weighted by molar-refractivity contribution is 5.98.